The molecular weight excluding hydrogens is 228 g/mol. The lowest BCUT2D eigenvalue weighted by atomic mass is 10.1. The zero-order chi connectivity index (χ0) is 13.0. The molecule has 0 saturated carbocycles. The fraction of sp³-hybridized carbons (Fsp3) is 0.214. The first-order valence-corrected chi connectivity index (χ1v) is 5.81. The van der Waals surface area contributed by atoms with Gasteiger partial charge in [-0.25, -0.2) is 0 Å². The Morgan fingerprint density at radius 3 is 2.72 bits per heavy atom. The first-order chi connectivity index (χ1) is 8.66. The van der Waals surface area contributed by atoms with E-state index in [1.54, 1.807) is 18.3 Å². The van der Waals surface area contributed by atoms with E-state index in [9.17, 15) is 10.2 Å². The summed E-state index contributed by atoms with van der Waals surface area (Å²) >= 11 is 0. The second-order valence-corrected chi connectivity index (χ2v) is 4.21. The summed E-state index contributed by atoms with van der Waals surface area (Å²) in [7, 11) is 0. The molecule has 94 valence electrons. The van der Waals surface area contributed by atoms with Gasteiger partial charge >= 0.3 is 0 Å². The van der Waals surface area contributed by atoms with Crippen LogP contribution < -0.4 is 5.32 Å². The van der Waals surface area contributed by atoms with E-state index in [1.807, 2.05) is 18.3 Å². The number of phenolic OH excluding ortho intramolecular Hbond substituents is 2. The number of rotatable bonds is 4. The normalized spacial score (nSPS) is 12.3. The number of aromatic hydroxyl groups is 2. The number of nitrogens with one attached hydrogen (secondary N) is 1. The van der Waals surface area contributed by atoms with Gasteiger partial charge in [-0.1, -0.05) is 12.1 Å². The van der Waals surface area contributed by atoms with Crippen LogP contribution in [0.4, 0.5) is 0 Å². The molecule has 0 aliphatic heterocycles. The predicted molar refractivity (Wildman–Crippen MR) is 69.3 cm³/mol. The van der Waals surface area contributed by atoms with Gasteiger partial charge in [0, 0.05) is 25.0 Å². The highest BCUT2D eigenvalue weighted by molar-refractivity contribution is 5.40. The Bertz CT molecular complexity index is 514. The van der Waals surface area contributed by atoms with Crippen molar-refractivity contribution in [2.24, 2.45) is 0 Å². The summed E-state index contributed by atoms with van der Waals surface area (Å²) < 4.78 is 0. The van der Waals surface area contributed by atoms with Crippen molar-refractivity contribution >= 4 is 0 Å². The van der Waals surface area contributed by atoms with Gasteiger partial charge in [0.05, 0.1) is 0 Å². The van der Waals surface area contributed by atoms with Gasteiger partial charge in [-0.2, -0.15) is 0 Å². The third-order valence-corrected chi connectivity index (χ3v) is 2.84. The van der Waals surface area contributed by atoms with Gasteiger partial charge < -0.3 is 15.5 Å². The minimum atomic E-state index is -0.0981. The maximum Gasteiger partial charge on any atom is 0.157 e. The molecule has 0 amide bonds. The lowest BCUT2D eigenvalue weighted by Crippen LogP contribution is -2.18. The van der Waals surface area contributed by atoms with E-state index in [0.29, 0.717) is 6.54 Å². The van der Waals surface area contributed by atoms with Crippen LogP contribution in [0, 0.1) is 0 Å². The summed E-state index contributed by atoms with van der Waals surface area (Å²) in [6.07, 6.45) is 3.57. The number of aromatic nitrogens is 1. The quantitative estimate of drug-likeness (QED) is 0.722. The second kappa shape index (κ2) is 5.51. The minimum absolute atomic E-state index is 0.0941. The van der Waals surface area contributed by atoms with Crippen molar-refractivity contribution in [3.8, 4) is 11.5 Å². The molecule has 0 radical (unpaired) electrons. The van der Waals surface area contributed by atoms with E-state index in [4.69, 9.17) is 0 Å². The monoisotopic (exact) mass is 244 g/mol. The largest absolute Gasteiger partial charge is 0.504 e. The van der Waals surface area contributed by atoms with E-state index in [1.165, 1.54) is 6.07 Å². The summed E-state index contributed by atoms with van der Waals surface area (Å²) in [5, 5.41) is 21.9. The van der Waals surface area contributed by atoms with Crippen LogP contribution in [0.25, 0.3) is 0 Å². The number of pyridine rings is 1. The molecule has 0 aliphatic carbocycles. The Morgan fingerprint density at radius 2 is 2.06 bits per heavy atom. The van der Waals surface area contributed by atoms with Crippen LogP contribution in [0.3, 0.4) is 0 Å². The smallest absolute Gasteiger partial charge is 0.157 e. The average Bonchev–Trinajstić information content (AvgIpc) is 2.41. The van der Waals surface area contributed by atoms with Gasteiger partial charge in [0.25, 0.3) is 0 Å². The molecule has 0 bridgehead atoms. The van der Waals surface area contributed by atoms with Gasteiger partial charge in [0.2, 0.25) is 0 Å². The number of nitrogens with zero attached hydrogens (tertiary/aromatic N) is 1. The molecule has 1 heterocycles. The lowest BCUT2D eigenvalue weighted by Gasteiger charge is -2.14. The first-order valence-electron chi connectivity index (χ1n) is 5.81. The topological polar surface area (TPSA) is 65.4 Å². The van der Waals surface area contributed by atoms with Crippen molar-refractivity contribution < 1.29 is 10.2 Å². The maximum absolute atomic E-state index is 9.39. The summed E-state index contributed by atoms with van der Waals surface area (Å²) in [5.74, 6) is -0.192. The molecule has 0 aliphatic rings. The van der Waals surface area contributed by atoms with E-state index in [2.05, 4.69) is 17.2 Å². The molecule has 2 aromatic rings. The number of hydrogen-bond donors (Lipinski definition) is 3. The van der Waals surface area contributed by atoms with Gasteiger partial charge in [-0.3, -0.25) is 4.98 Å². The van der Waals surface area contributed by atoms with E-state index in [0.717, 1.165) is 11.1 Å². The van der Waals surface area contributed by atoms with Crippen molar-refractivity contribution in [1.29, 1.82) is 0 Å². The van der Waals surface area contributed by atoms with Crippen LogP contribution in [0.5, 0.6) is 11.5 Å². The van der Waals surface area contributed by atoms with Crippen LogP contribution in [0.1, 0.15) is 24.1 Å². The summed E-state index contributed by atoms with van der Waals surface area (Å²) in [4.78, 5) is 4.07. The highest BCUT2D eigenvalue weighted by Crippen LogP contribution is 2.25. The second-order valence-electron chi connectivity index (χ2n) is 4.21. The Balaban J connectivity index is 1.97. The van der Waals surface area contributed by atoms with E-state index < -0.39 is 0 Å². The molecule has 2 rings (SSSR count). The number of benzene rings is 1. The molecule has 4 nitrogen and oxygen atoms in total. The Morgan fingerprint density at radius 1 is 1.22 bits per heavy atom. The third-order valence-electron chi connectivity index (χ3n) is 2.84. The summed E-state index contributed by atoms with van der Waals surface area (Å²) in [6, 6.07) is 8.91. The van der Waals surface area contributed by atoms with Gasteiger partial charge in [-0.15, -0.1) is 0 Å². The van der Waals surface area contributed by atoms with Crippen molar-refractivity contribution in [1.82, 2.24) is 10.3 Å². The van der Waals surface area contributed by atoms with Gasteiger partial charge in [-0.05, 0) is 36.2 Å². The van der Waals surface area contributed by atoms with Crippen molar-refractivity contribution in [2.45, 2.75) is 19.5 Å². The van der Waals surface area contributed by atoms with Crippen LogP contribution in [-0.2, 0) is 6.54 Å². The molecule has 0 saturated heterocycles. The van der Waals surface area contributed by atoms with Crippen LogP contribution in [-0.4, -0.2) is 15.2 Å². The van der Waals surface area contributed by atoms with E-state index in [-0.39, 0.29) is 17.5 Å². The summed E-state index contributed by atoms with van der Waals surface area (Å²) in [6.45, 7) is 2.67. The molecule has 1 aromatic carbocycles. The molecule has 0 fully saturated rings. The van der Waals surface area contributed by atoms with E-state index >= 15 is 0 Å². The highest BCUT2D eigenvalue weighted by atomic mass is 16.3. The predicted octanol–water partition coefficient (Wildman–Crippen LogP) is 2.34. The SMILES string of the molecule is C[C@H](NCc1ccc(O)c(O)c1)c1cccnc1. The molecule has 1 atom stereocenters. The van der Waals surface area contributed by atoms with Gasteiger partial charge in [0.15, 0.2) is 11.5 Å². The summed E-state index contributed by atoms with van der Waals surface area (Å²) in [5.41, 5.74) is 2.03. The average molecular weight is 244 g/mol. The van der Waals surface area contributed by atoms with Crippen molar-refractivity contribution in [2.75, 3.05) is 0 Å². The van der Waals surface area contributed by atoms with Crippen molar-refractivity contribution in [3.05, 3.63) is 53.9 Å². The zero-order valence-electron chi connectivity index (χ0n) is 10.2. The Kier molecular flexibility index (Phi) is 3.79. The molecule has 4 heteroatoms. The Hall–Kier alpha value is -2.07. The molecule has 18 heavy (non-hydrogen) atoms. The molecule has 3 N–H and O–H groups in total. The highest BCUT2D eigenvalue weighted by Gasteiger charge is 2.05. The molecular formula is C14H16N2O2. The van der Waals surface area contributed by atoms with Crippen LogP contribution in [0.2, 0.25) is 0 Å². The van der Waals surface area contributed by atoms with Crippen molar-refractivity contribution in [3.63, 3.8) is 0 Å². The first kappa shape index (κ1) is 12.4. The number of phenols is 2. The Labute approximate surface area is 106 Å². The lowest BCUT2D eigenvalue weighted by molar-refractivity contribution is 0.402. The molecule has 0 unspecified atom stereocenters. The van der Waals surface area contributed by atoms with Crippen LogP contribution >= 0.6 is 0 Å². The fourth-order valence-corrected chi connectivity index (χ4v) is 1.70. The zero-order valence-corrected chi connectivity index (χ0v) is 10.2. The van der Waals surface area contributed by atoms with Gasteiger partial charge in [0.1, 0.15) is 0 Å². The minimum Gasteiger partial charge on any atom is -0.504 e. The number of hydrogen-bond acceptors (Lipinski definition) is 4. The third kappa shape index (κ3) is 2.99. The van der Waals surface area contributed by atoms with Crippen LogP contribution in [0.15, 0.2) is 42.7 Å². The fourth-order valence-electron chi connectivity index (χ4n) is 1.70. The molecule has 1 aromatic heterocycles. The molecule has 0 spiro atoms. The standard InChI is InChI=1S/C14H16N2O2/c1-10(12-3-2-6-15-9-12)16-8-11-4-5-13(17)14(18)7-11/h2-7,9-10,16-18H,8H2,1H3/t10-/m0/s1. The maximum atomic E-state index is 9.39.